The zero-order valence-electron chi connectivity index (χ0n) is 10.2. The van der Waals surface area contributed by atoms with Gasteiger partial charge in [-0.3, -0.25) is 4.72 Å². The summed E-state index contributed by atoms with van der Waals surface area (Å²) in [5.41, 5.74) is 5.90. The van der Waals surface area contributed by atoms with Crippen molar-refractivity contribution >= 4 is 67.8 Å². The molecule has 2 aromatic rings. The fraction of sp³-hybridized carbons (Fsp3) is 0. The number of sulfonamides is 1. The van der Waals surface area contributed by atoms with Gasteiger partial charge in [-0.05, 0) is 30.3 Å². The van der Waals surface area contributed by atoms with Crippen LogP contribution in [-0.2, 0) is 10.0 Å². The van der Waals surface area contributed by atoms with Gasteiger partial charge in [0, 0.05) is 10.7 Å². The average Bonchev–Trinajstić information content (AvgIpc) is 2.33. The molecule has 2 rings (SSSR count). The summed E-state index contributed by atoms with van der Waals surface area (Å²) in [4.78, 5) is -0.138. The molecule has 0 unspecified atom stereocenters. The predicted molar refractivity (Wildman–Crippen MR) is 88.1 cm³/mol. The highest BCUT2D eigenvalue weighted by molar-refractivity contribution is 7.92. The van der Waals surface area contributed by atoms with Crippen LogP contribution in [-0.4, -0.2) is 8.42 Å². The SMILES string of the molecule is Nc1ccc(S(=O)(=O)Nc2c(Cl)cc(Cl)cc2Cl)c(Cl)c1. The van der Waals surface area contributed by atoms with Crippen LogP contribution >= 0.6 is 46.4 Å². The molecule has 0 bridgehead atoms. The molecule has 0 amide bonds. The van der Waals surface area contributed by atoms with Crippen molar-refractivity contribution in [2.45, 2.75) is 4.90 Å². The smallest absolute Gasteiger partial charge is 0.263 e. The maximum absolute atomic E-state index is 12.3. The number of nitrogens with one attached hydrogen (secondary N) is 1. The van der Waals surface area contributed by atoms with E-state index in [0.29, 0.717) is 10.7 Å². The van der Waals surface area contributed by atoms with E-state index in [9.17, 15) is 8.42 Å². The molecule has 0 saturated carbocycles. The maximum Gasteiger partial charge on any atom is 0.263 e. The molecule has 9 heteroatoms. The lowest BCUT2D eigenvalue weighted by atomic mass is 10.3. The Labute approximate surface area is 141 Å². The van der Waals surface area contributed by atoms with Gasteiger partial charge < -0.3 is 5.73 Å². The van der Waals surface area contributed by atoms with Gasteiger partial charge in [0.1, 0.15) is 4.90 Å². The number of nitrogens with two attached hydrogens (primary N) is 1. The fourth-order valence-corrected chi connectivity index (χ4v) is 4.24. The first-order valence-corrected chi connectivity index (χ1v) is 8.42. The highest BCUT2D eigenvalue weighted by Crippen LogP contribution is 2.36. The fourth-order valence-electron chi connectivity index (χ4n) is 1.56. The van der Waals surface area contributed by atoms with Crippen molar-refractivity contribution in [3.63, 3.8) is 0 Å². The molecule has 0 aliphatic carbocycles. The molecule has 4 nitrogen and oxygen atoms in total. The first-order chi connectivity index (χ1) is 9.70. The van der Waals surface area contributed by atoms with Gasteiger partial charge in [0.15, 0.2) is 0 Å². The summed E-state index contributed by atoms with van der Waals surface area (Å²) in [5.74, 6) is 0. The van der Waals surface area contributed by atoms with E-state index in [1.165, 1.54) is 30.3 Å². The van der Waals surface area contributed by atoms with Crippen molar-refractivity contribution in [3.05, 3.63) is 50.4 Å². The Morgan fingerprint density at radius 2 is 1.48 bits per heavy atom. The van der Waals surface area contributed by atoms with Crippen LogP contribution in [0.1, 0.15) is 0 Å². The summed E-state index contributed by atoms with van der Waals surface area (Å²) in [6, 6.07) is 6.79. The molecule has 0 saturated heterocycles. The molecule has 0 aromatic heterocycles. The third-order valence-electron chi connectivity index (χ3n) is 2.49. The largest absolute Gasteiger partial charge is 0.399 e. The Balaban J connectivity index is 2.47. The van der Waals surface area contributed by atoms with E-state index < -0.39 is 10.0 Å². The monoisotopic (exact) mass is 384 g/mol. The Morgan fingerprint density at radius 1 is 0.905 bits per heavy atom. The third kappa shape index (κ3) is 3.67. The molecule has 0 aliphatic heterocycles. The van der Waals surface area contributed by atoms with Crippen LogP contribution in [0.15, 0.2) is 35.2 Å². The van der Waals surface area contributed by atoms with Crippen LogP contribution in [0.3, 0.4) is 0 Å². The van der Waals surface area contributed by atoms with E-state index in [-0.39, 0.29) is 25.7 Å². The molecule has 0 aliphatic rings. The quantitative estimate of drug-likeness (QED) is 0.753. The lowest BCUT2D eigenvalue weighted by molar-refractivity contribution is 0.601. The number of rotatable bonds is 3. The molecule has 112 valence electrons. The Hall–Kier alpha value is -0.850. The maximum atomic E-state index is 12.3. The van der Waals surface area contributed by atoms with Crippen molar-refractivity contribution in [1.29, 1.82) is 0 Å². The van der Waals surface area contributed by atoms with Crippen LogP contribution in [0.2, 0.25) is 20.1 Å². The van der Waals surface area contributed by atoms with Gasteiger partial charge in [0.2, 0.25) is 0 Å². The molecule has 2 aromatic carbocycles. The van der Waals surface area contributed by atoms with E-state index in [2.05, 4.69) is 4.72 Å². The van der Waals surface area contributed by atoms with Crippen LogP contribution in [0.5, 0.6) is 0 Å². The number of hydrogen-bond donors (Lipinski definition) is 2. The second kappa shape index (κ2) is 6.10. The van der Waals surface area contributed by atoms with Gasteiger partial charge in [0.05, 0.1) is 20.8 Å². The lowest BCUT2D eigenvalue weighted by Crippen LogP contribution is -2.14. The predicted octanol–water partition coefficient (Wildman–Crippen LogP) is 4.68. The molecule has 21 heavy (non-hydrogen) atoms. The number of nitrogen functional groups attached to an aromatic ring is 1. The normalized spacial score (nSPS) is 11.4. The summed E-state index contributed by atoms with van der Waals surface area (Å²) >= 11 is 23.6. The minimum absolute atomic E-state index is 0.0105. The Morgan fingerprint density at radius 3 is 2.00 bits per heavy atom. The molecular weight excluding hydrogens is 378 g/mol. The van der Waals surface area contributed by atoms with Crippen molar-refractivity contribution in [2.24, 2.45) is 0 Å². The van der Waals surface area contributed by atoms with Crippen molar-refractivity contribution < 1.29 is 8.42 Å². The Kier molecular flexibility index (Phi) is 4.80. The summed E-state index contributed by atoms with van der Waals surface area (Å²) in [6.07, 6.45) is 0. The molecule has 0 spiro atoms. The molecule has 0 fully saturated rings. The standard InChI is InChI=1S/C12H8Cl4N2O2S/c13-6-3-9(15)12(10(16)4-6)18-21(19,20)11-2-1-7(17)5-8(11)14/h1-5,18H,17H2. The van der Waals surface area contributed by atoms with Gasteiger partial charge >= 0.3 is 0 Å². The van der Waals surface area contributed by atoms with Crippen molar-refractivity contribution in [2.75, 3.05) is 10.5 Å². The number of anilines is 2. The minimum Gasteiger partial charge on any atom is -0.399 e. The minimum atomic E-state index is -3.97. The Bertz CT molecular complexity index is 786. The average molecular weight is 386 g/mol. The van der Waals surface area contributed by atoms with Gasteiger partial charge in [-0.2, -0.15) is 0 Å². The zero-order valence-corrected chi connectivity index (χ0v) is 14.0. The van der Waals surface area contributed by atoms with Gasteiger partial charge in [-0.25, -0.2) is 8.42 Å². The second-order valence-electron chi connectivity index (χ2n) is 4.04. The first-order valence-electron chi connectivity index (χ1n) is 5.43. The highest BCUT2D eigenvalue weighted by Gasteiger charge is 2.21. The van der Waals surface area contributed by atoms with Crippen LogP contribution < -0.4 is 10.5 Å². The van der Waals surface area contributed by atoms with Gasteiger partial charge in [-0.1, -0.05) is 46.4 Å². The summed E-state index contributed by atoms with van der Waals surface area (Å²) in [6.45, 7) is 0. The number of benzene rings is 2. The summed E-state index contributed by atoms with van der Waals surface area (Å²) < 4.78 is 27.0. The molecule has 0 heterocycles. The number of hydrogen-bond acceptors (Lipinski definition) is 3. The van der Waals surface area contributed by atoms with E-state index >= 15 is 0 Å². The van der Waals surface area contributed by atoms with Crippen LogP contribution in [0, 0.1) is 0 Å². The van der Waals surface area contributed by atoms with E-state index in [4.69, 9.17) is 52.1 Å². The lowest BCUT2D eigenvalue weighted by Gasteiger charge is -2.13. The van der Waals surface area contributed by atoms with Crippen LogP contribution in [0.4, 0.5) is 11.4 Å². The van der Waals surface area contributed by atoms with Crippen molar-refractivity contribution in [3.8, 4) is 0 Å². The second-order valence-corrected chi connectivity index (χ2v) is 7.35. The van der Waals surface area contributed by atoms with E-state index in [1.54, 1.807) is 0 Å². The van der Waals surface area contributed by atoms with E-state index in [0.717, 1.165) is 0 Å². The molecule has 0 atom stereocenters. The third-order valence-corrected chi connectivity index (χ3v) is 5.14. The molecule has 0 radical (unpaired) electrons. The molecular formula is C12H8Cl4N2O2S. The first kappa shape index (κ1) is 16.5. The van der Waals surface area contributed by atoms with E-state index in [1.807, 2.05) is 0 Å². The number of halogens is 4. The zero-order chi connectivity index (χ0) is 15.8. The molecule has 3 N–H and O–H groups in total. The highest BCUT2D eigenvalue weighted by atomic mass is 35.5. The van der Waals surface area contributed by atoms with Gasteiger partial charge in [-0.15, -0.1) is 0 Å². The summed E-state index contributed by atoms with van der Waals surface area (Å²) in [7, 11) is -3.97. The van der Waals surface area contributed by atoms with Gasteiger partial charge in [0.25, 0.3) is 10.0 Å². The van der Waals surface area contributed by atoms with Crippen molar-refractivity contribution in [1.82, 2.24) is 0 Å². The summed E-state index contributed by atoms with van der Waals surface area (Å²) in [5, 5.41) is 0.424. The topological polar surface area (TPSA) is 72.2 Å². The van der Waals surface area contributed by atoms with Crippen LogP contribution in [0.25, 0.3) is 0 Å².